The average Bonchev–Trinajstić information content (AvgIpc) is 2.68. The zero-order chi connectivity index (χ0) is 18.2. The lowest BCUT2D eigenvalue weighted by molar-refractivity contribution is -0.124. The van der Waals surface area contributed by atoms with E-state index in [-0.39, 0.29) is 37.2 Å². The summed E-state index contributed by atoms with van der Waals surface area (Å²) in [5, 5.41) is 11.9. The van der Waals surface area contributed by atoms with Gasteiger partial charge < -0.3 is 5.32 Å². The molecule has 3 N–H and O–H groups in total. The largest absolute Gasteiger partial charge is 0.365 e. The normalized spacial score (nSPS) is 16.1. The molecule has 0 unspecified atom stereocenters. The van der Waals surface area contributed by atoms with Crippen molar-refractivity contribution >= 4 is 55.0 Å². The molecule has 0 saturated carbocycles. The zero-order valence-electron chi connectivity index (χ0n) is 15.6. The first kappa shape index (κ1) is 27.0. The van der Waals surface area contributed by atoms with Crippen LogP contribution in [0.4, 0.5) is 5.82 Å². The van der Waals surface area contributed by atoms with E-state index in [0.29, 0.717) is 17.6 Å². The Labute approximate surface area is 188 Å². The Hall–Kier alpha value is -1.97. The molecule has 0 aliphatic carbocycles. The number of carbonyl (C=O) groups excluding carboxylic acids is 1. The van der Waals surface area contributed by atoms with Gasteiger partial charge in [0.05, 0.1) is 23.8 Å². The van der Waals surface area contributed by atoms with E-state index in [1.54, 1.807) is 12.4 Å². The molecule has 11 heteroatoms. The van der Waals surface area contributed by atoms with Gasteiger partial charge in [0.15, 0.2) is 0 Å². The molecule has 3 heterocycles. The maximum absolute atomic E-state index is 11.0. The molecule has 1 atom stereocenters. The van der Waals surface area contributed by atoms with E-state index in [9.17, 15) is 4.79 Å². The summed E-state index contributed by atoms with van der Waals surface area (Å²) >= 11 is 0. The highest BCUT2D eigenvalue weighted by Crippen LogP contribution is 2.16. The van der Waals surface area contributed by atoms with Gasteiger partial charge >= 0.3 is 0 Å². The topological polar surface area (TPSA) is 103 Å². The van der Waals surface area contributed by atoms with Gasteiger partial charge in [-0.25, -0.2) is 10.5 Å². The molecule has 0 radical (unpaired) electrons. The van der Waals surface area contributed by atoms with Gasteiger partial charge in [0.25, 0.3) is 5.91 Å². The Morgan fingerprint density at radius 2 is 2.03 bits per heavy atom. The Kier molecular flexibility index (Phi) is 13.1. The number of pyridine rings is 1. The Bertz CT molecular complexity index is 749. The summed E-state index contributed by atoms with van der Waals surface area (Å²) in [6.45, 7) is 2.84. The minimum atomic E-state index is -0.607. The summed E-state index contributed by atoms with van der Waals surface area (Å²) in [5.41, 5.74) is 3.15. The summed E-state index contributed by atoms with van der Waals surface area (Å²) in [5.74, 6) is 0.0997. The smallest absolute Gasteiger partial charge is 0.267 e. The molecule has 1 saturated heterocycles. The molecular formula is C18H25Cl3N6O2. The number of halogens is 3. The first-order chi connectivity index (χ1) is 12.7. The van der Waals surface area contributed by atoms with Crippen LogP contribution in [-0.2, 0) is 11.3 Å². The van der Waals surface area contributed by atoms with Crippen molar-refractivity contribution in [2.75, 3.05) is 18.4 Å². The van der Waals surface area contributed by atoms with Crippen LogP contribution in [0, 0.1) is 0 Å². The minimum absolute atomic E-state index is 0. The molecule has 1 fully saturated rings. The van der Waals surface area contributed by atoms with Crippen molar-refractivity contribution in [1.29, 1.82) is 0 Å². The number of rotatable bonds is 6. The van der Waals surface area contributed by atoms with Crippen LogP contribution in [0.5, 0.6) is 0 Å². The van der Waals surface area contributed by atoms with E-state index < -0.39 is 5.91 Å². The van der Waals surface area contributed by atoms with Gasteiger partial charge in [-0.3, -0.25) is 24.9 Å². The first-order valence-electron chi connectivity index (χ1n) is 8.56. The quantitative estimate of drug-likeness (QED) is 0.344. The number of piperidine rings is 1. The van der Waals surface area contributed by atoms with Crippen molar-refractivity contribution in [1.82, 2.24) is 25.3 Å². The maximum Gasteiger partial charge on any atom is 0.267 e. The van der Waals surface area contributed by atoms with Crippen LogP contribution >= 0.6 is 37.2 Å². The number of anilines is 1. The SMILES string of the molecule is Cl.Cl.Cl.O=C(C=Cc1cnc(N[C@@H]2CCCN(Cc3ccccn3)C2)cn1)NO. The monoisotopic (exact) mass is 462 g/mol. The van der Waals surface area contributed by atoms with Crippen LogP contribution in [0.1, 0.15) is 24.2 Å². The lowest BCUT2D eigenvalue weighted by Gasteiger charge is -2.33. The second kappa shape index (κ2) is 14.1. The molecule has 1 aliphatic rings. The second-order valence-corrected chi connectivity index (χ2v) is 6.18. The van der Waals surface area contributed by atoms with Gasteiger partial charge in [-0.05, 0) is 37.6 Å². The van der Waals surface area contributed by atoms with Gasteiger partial charge in [-0.1, -0.05) is 6.07 Å². The van der Waals surface area contributed by atoms with Crippen molar-refractivity contribution in [3.8, 4) is 0 Å². The number of hydrogen-bond donors (Lipinski definition) is 3. The van der Waals surface area contributed by atoms with E-state index in [0.717, 1.165) is 38.2 Å². The number of aromatic nitrogens is 3. The molecule has 29 heavy (non-hydrogen) atoms. The number of carbonyl (C=O) groups is 1. The van der Waals surface area contributed by atoms with Crippen molar-refractivity contribution in [3.05, 3.63) is 54.3 Å². The fourth-order valence-corrected chi connectivity index (χ4v) is 2.94. The Morgan fingerprint density at radius 1 is 1.21 bits per heavy atom. The van der Waals surface area contributed by atoms with Crippen LogP contribution in [0.15, 0.2) is 42.9 Å². The zero-order valence-corrected chi connectivity index (χ0v) is 18.1. The van der Waals surface area contributed by atoms with Crippen LogP contribution in [0.2, 0.25) is 0 Å². The highest BCUT2D eigenvalue weighted by atomic mass is 35.5. The van der Waals surface area contributed by atoms with Gasteiger partial charge in [-0.2, -0.15) is 0 Å². The van der Waals surface area contributed by atoms with E-state index in [4.69, 9.17) is 5.21 Å². The number of amides is 1. The number of hydroxylamine groups is 1. The number of nitrogens with zero attached hydrogens (tertiary/aromatic N) is 4. The van der Waals surface area contributed by atoms with Crippen LogP contribution < -0.4 is 10.8 Å². The number of nitrogens with one attached hydrogen (secondary N) is 2. The highest BCUT2D eigenvalue weighted by Gasteiger charge is 2.20. The summed E-state index contributed by atoms with van der Waals surface area (Å²) in [6, 6.07) is 6.30. The summed E-state index contributed by atoms with van der Waals surface area (Å²) in [7, 11) is 0. The number of likely N-dealkylation sites (tertiary alicyclic amines) is 1. The summed E-state index contributed by atoms with van der Waals surface area (Å²) < 4.78 is 0. The second-order valence-electron chi connectivity index (χ2n) is 6.18. The fraction of sp³-hybridized carbons (Fsp3) is 0.333. The molecule has 2 aromatic heterocycles. The summed E-state index contributed by atoms with van der Waals surface area (Å²) in [4.78, 5) is 26.3. The third-order valence-electron chi connectivity index (χ3n) is 4.16. The molecule has 1 aliphatic heterocycles. The molecule has 0 bridgehead atoms. The lowest BCUT2D eigenvalue weighted by Crippen LogP contribution is -2.41. The van der Waals surface area contributed by atoms with Gasteiger partial charge in [0.2, 0.25) is 0 Å². The lowest BCUT2D eigenvalue weighted by atomic mass is 10.1. The molecule has 160 valence electrons. The first-order valence-corrected chi connectivity index (χ1v) is 8.56. The molecule has 0 spiro atoms. The Balaban J connectivity index is 0.00000261. The van der Waals surface area contributed by atoms with Crippen molar-refractivity contribution in [3.63, 3.8) is 0 Å². The maximum atomic E-state index is 11.0. The van der Waals surface area contributed by atoms with Crippen molar-refractivity contribution in [2.24, 2.45) is 0 Å². The molecule has 1 amide bonds. The van der Waals surface area contributed by atoms with E-state index in [1.165, 1.54) is 17.6 Å². The third-order valence-corrected chi connectivity index (χ3v) is 4.16. The molecule has 2 aromatic rings. The predicted molar refractivity (Wildman–Crippen MR) is 119 cm³/mol. The highest BCUT2D eigenvalue weighted by molar-refractivity contribution is 5.90. The van der Waals surface area contributed by atoms with Crippen LogP contribution in [0.3, 0.4) is 0 Å². The van der Waals surface area contributed by atoms with Gasteiger partial charge in [0, 0.05) is 31.4 Å². The van der Waals surface area contributed by atoms with E-state index in [2.05, 4.69) is 25.2 Å². The average molecular weight is 464 g/mol. The molecule has 8 nitrogen and oxygen atoms in total. The van der Waals surface area contributed by atoms with Gasteiger partial charge in [-0.15, -0.1) is 37.2 Å². The van der Waals surface area contributed by atoms with Crippen molar-refractivity contribution in [2.45, 2.75) is 25.4 Å². The summed E-state index contributed by atoms with van der Waals surface area (Å²) in [6.07, 6.45) is 9.93. The van der Waals surface area contributed by atoms with Crippen LogP contribution in [0.25, 0.3) is 6.08 Å². The standard InChI is InChI=1S/C18H22N6O2.3ClH/c25-18(23-26)7-6-14-10-21-17(11-20-14)22-16-5-3-9-24(13-16)12-15-4-1-2-8-19-15;;;/h1-2,4,6-8,10-11,16,26H,3,5,9,12-13H2,(H,21,22)(H,23,25);3*1H/t16-;;;/m1.../s1. The molecular weight excluding hydrogens is 439 g/mol. The molecule has 0 aromatic carbocycles. The Morgan fingerprint density at radius 3 is 2.69 bits per heavy atom. The van der Waals surface area contributed by atoms with Crippen LogP contribution in [-0.4, -0.2) is 50.1 Å². The minimum Gasteiger partial charge on any atom is -0.365 e. The van der Waals surface area contributed by atoms with E-state index in [1.807, 2.05) is 24.4 Å². The van der Waals surface area contributed by atoms with Gasteiger partial charge in [0.1, 0.15) is 5.82 Å². The fourth-order valence-electron chi connectivity index (χ4n) is 2.94. The third kappa shape index (κ3) is 8.93. The number of hydrogen-bond acceptors (Lipinski definition) is 7. The molecule has 3 rings (SSSR count). The predicted octanol–water partition coefficient (Wildman–Crippen LogP) is 2.73. The van der Waals surface area contributed by atoms with E-state index >= 15 is 0 Å². The van der Waals surface area contributed by atoms with Crippen molar-refractivity contribution < 1.29 is 10.0 Å².